The van der Waals surface area contributed by atoms with Gasteiger partial charge in [0, 0.05) is 17.1 Å². The zero-order chi connectivity index (χ0) is 24.2. The smallest absolute Gasteiger partial charge is 0.278 e. The molecular formula is C25H18Cl2FN3O3. The molecule has 0 fully saturated rings. The van der Waals surface area contributed by atoms with E-state index in [4.69, 9.17) is 23.2 Å². The Morgan fingerprint density at radius 3 is 2.18 bits per heavy atom. The number of para-hydroxylation sites is 1. The quantitative estimate of drug-likeness (QED) is 0.457. The summed E-state index contributed by atoms with van der Waals surface area (Å²) in [5.74, 6) is -2.08. The van der Waals surface area contributed by atoms with Gasteiger partial charge in [-0.3, -0.25) is 19.3 Å². The Morgan fingerprint density at radius 1 is 0.853 bits per heavy atom. The first-order valence-electron chi connectivity index (χ1n) is 10.2. The predicted molar refractivity (Wildman–Crippen MR) is 128 cm³/mol. The van der Waals surface area contributed by atoms with Crippen molar-refractivity contribution in [1.82, 2.24) is 10.2 Å². The summed E-state index contributed by atoms with van der Waals surface area (Å²) in [6.45, 7) is 0.274. The molecule has 9 heteroatoms. The topological polar surface area (TPSA) is 78.5 Å². The number of hydrogen-bond donors (Lipinski definition) is 2. The third kappa shape index (κ3) is 5.11. The van der Waals surface area contributed by atoms with Crippen LogP contribution in [0.2, 0.25) is 5.02 Å². The van der Waals surface area contributed by atoms with Gasteiger partial charge in [-0.25, -0.2) is 4.39 Å². The number of carbonyl (C=O) groups excluding carboxylic acids is 3. The number of halogens is 3. The molecular weight excluding hydrogens is 480 g/mol. The molecule has 2 N–H and O–H groups in total. The largest absolute Gasteiger partial charge is 0.375 e. The Labute approximate surface area is 205 Å². The lowest BCUT2D eigenvalue weighted by atomic mass is 10.1. The van der Waals surface area contributed by atoms with Crippen LogP contribution in [-0.4, -0.2) is 22.6 Å². The molecule has 0 radical (unpaired) electrons. The molecule has 34 heavy (non-hydrogen) atoms. The zero-order valence-electron chi connectivity index (χ0n) is 17.6. The Bertz CT molecular complexity index is 1290. The molecule has 0 atom stereocenters. The van der Waals surface area contributed by atoms with E-state index in [0.29, 0.717) is 10.6 Å². The van der Waals surface area contributed by atoms with Crippen LogP contribution < -0.4 is 10.6 Å². The van der Waals surface area contributed by atoms with E-state index in [0.717, 1.165) is 16.0 Å². The van der Waals surface area contributed by atoms with Gasteiger partial charge in [0.2, 0.25) is 0 Å². The second-order valence-electron chi connectivity index (χ2n) is 7.50. The summed E-state index contributed by atoms with van der Waals surface area (Å²) in [4.78, 5) is 38.7. The summed E-state index contributed by atoms with van der Waals surface area (Å²) < 4.78 is 13.7. The minimum atomic E-state index is -0.579. The lowest BCUT2D eigenvalue weighted by molar-refractivity contribution is -0.138. The summed E-state index contributed by atoms with van der Waals surface area (Å²) >= 11 is 12.0. The lowest BCUT2D eigenvalue weighted by Crippen LogP contribution is -2.33. The zero-order valence-corrected chi connectivity index (χ0v) is 19.2. The Morgan fingerprint density at radius 2 is 1.50 bits per heavy atom. The van der Waals surface area contributed by atoms with Crippen LogP contribution in [0, 0.1) is 5.82 Å². The molecule has 1 aliphatic rings. The van der Waals surface area contributed by atoms with Crippen molar-refractivity contribution >= 4 is 46.6 Å². The highest BCUT2D eigenvalue weighted by Crippen LogP contribution is 2.25. The number of anilines is 1. The monoisotopic (exact) mass is 497 g/mol. The number of benzene rings is 3. The molecule has 0 saturated heterocycles. The summed E-state index contributed by atoms with van der Waals surface area (Å²) in [7, 11) is 0. The summed E-state index contributed by atoms with van der Waals surface area (Å²) in [6.07, 6.45) is 0. The molecule has 1 heterocycles. The van der Waals surface area contributed by atoms with Crippen molar-refractivity contribution in [2.24, 2.45) is 0 Å². The average molecular weight is 498 g/mol. The van der Waals surface area contributed by atoms with E-state index in [9.17, 15) is 18.8 Å². The predicted octanol–water partition coefficient (Wildman–Crippen LogP) is 4.84. The first-order chi connectivity index (χ1) is 16.3. The highest BCUT2D eigenvalue weighted by molar-refractivity contribution is 6.47. The van der Waals surface area contributed by atoms with E-state index in [2.05, 4.69) is 10.6 Å². The van der Waals surface area contributed by atoms with E-state index in [1.165, 1.54) is 18.2 Å². The number of imide groups is 1. The molecule has 0 unspecified atom stereocenters. The van der Waals surface area contributed by atoms with E-state index in [1.54, 1.807) is 54.6 Å². The van der Waals surface area contributed by atoms with Gasteiger partial charge in [0.15, 0.2) is 0 Å². The Balaban J connectivity index is 1.37. The minimum Gasteiger partial charge on any atom is -0.375 e. The lowest BCUT2D eigenvalue weighted by Gasteiger charge is -2.15. The molecule has 0 bridgehead atoms. The van der Waals surface area contributed by atoms with Crippen molar-refractivity contribution in [3.63, 3.8) is 0 Å². The second kappa shape index (κ2) is 10.1. The van der Waals surface area contributed by atoms with Gasteiger partial charge in [0.25, 0.3) is 17.7 Å². The van der Waals surface area contributed by atoms with Crippen molar-refractivity contribution in [2.45, 2.75) is 13.1 Å². The van der Waals surface area contributed by atoms with Gasteiger partial charge in [0.1, 0.15) is 16.5 Å². The van der Waals surface area contributed by atoms with Gasteiger partial charge >= 0.3 is 0 Å². The van der Waals surface area contributed by atoms with Gasteiger partial charge < -0.3 is 10.6 Å². The van der Waals surface area contributed by atoms with Crippen LogP contribution in [0.15, 0.2) is 83.5 Å². The van der Waals surface area contributed by atoms with E-state index in [1.807, 2.05) is 0 Å². The Kier molecular flexibility index (Phi) is 6.95. The Hall–Kier alpha value is -3.68. The summed E-state index contributed by atoms with van der Waals surface area (Å²) in [5, 5.41) is 5.80. The fourth-order valence-corrected chi connectivity index (χ4v) is 3.71. The number of nitrogens with zero attached hydrogens (tertiary/aromatic N) is 1. The number of rotatable bonds is 7. The maximum Gasteiger partial charge on any atom is 0.278 e. The van der Waals surface area contributed by atoms with Crippen LogP contribution in [0.5, 0.6) is 0 Å². The van der Waals surface area contributed by atoms with Crippen LogP contribution in [0.3, 0.4) is 0 Å². The van der Waals surface area contributed by atoms with Crippen molar-refractivity contribution < 1.29 is 18.8 Å². The molecule has 172 valence electrons. The van der Waals surface area contributed by atoms with Crippen molar-refractivity contribution in [1.29, 1.82) is 0 Å². The van der Waals surface area contributed by atoms with Gasteiger partial charge in [-0.05, 0) is 47.5 Å². The fraction of sp³-hybridized carbons (Fsp3) is 0.0800. The number of amides is 3. The highest BCUT2D eigenvalue weighted by atomic mass is 35.5. The number of nitrogens with one attached hydrogen (secondary N) is 2. The third-order valence-electron chi connectivity index (χ3n) is 5.17. The molecule has 3 aromatic rings. The summed E-state index contributed by atoms with van der Waals surface area (Å²) in [6, 6.07) is 19.2. The molecule has 4 rings (SSSR count). The molecule has 0 saturated carbocycles. The van der Waals surface area contributed by atoms with Crippen LogP contribution >= 0.6 is 23.2 Å². The molecule has 1 aliphatic heterocycles. The molecule has 3 amide bonds. The van der Waals surface area contributed by atoms with Gasteiger partial charge in [-0.1, -0.05) is 59.6 Å². The maximum absolute atomic E-state index is 13.7. The third-order valence-corrected chi connectivity index (χ3v) is 5.78. The highest BCUT2D eigenvalue weighted by Gasteiger charge is 2.37. The molecule has 0 aliphatic carbocycles. The van der Waals surface area contributed by atoms with Crippen molar-refractivity contribution in [3.8, 4) is 0 Å². The van der Waals surface area contributed by atoms with Crippen molar-refractivity contribution in [3.05, 3.63) is 111 Å². The van der Waals surface area contributed by atoms with Crippen molar-refractivity contribution in [2.75, 3.05) is 5.32 Å². The molecule has 3 aromatic carbocycles. The van der Waals surface area contributed by atoms with Gasteiger partial charge in [-0.15, -0.1) is 0 Å². The van der Waals surface area contributed by atoms with Crippen LogP contribution in [0.1, 0.15) is 21.5 Å². The van der Waals surface area contributed by atoms with Crippen LogP contribution in [-0.2, 0) is 22.7 Å². The van der Waals surface area contributed by atoms with E-state index in [-0.39, 0.29) is 29.5 Å². The van der Waals surface area contributed by atoms with Crippen LogP contribution in [0.25, 0.3) is 0 Å². The first-order valence-corrected chi connectivity index (χ1v) is 11.0. The van der Waals surface area contributed by atoms with Gasteiger partial charge in [0.05, 0.1) is 12.2 Å². The van der Waals surface area contributed by atoms with E-state index >= 15 is 0 Å². The normalized spacial score (nSPS) is 13.4. The maximum atomic E-state index is 13.7. The van der Waals surface area contributed by atoms with Crippen LogP contribution in [0.4, 0.5) is 10.1 Å². The standard InChI is InChI=1S/C25H18Cl2FN3O3/c26-18-11-7-16(8-12-18)14-31-24(33)21(27)22(25(31)34)29-13-15-5-9-17(10-6-15)23(32)30-20-4-2-1-3-19(20)28/h1-12,29H,13-14H2,(H,30,32). The summed E-state index contributed by atoms with van der Waals surface area (Å²) in [5.41, 5.74) is 1.93. The fourth-order valence-electron chi connectivity index (χ4n) is 3.34. The first kappa shape index (κ1) is 23.5. The minimum absolute atomic E-state index is 0.0157. The number of carbonyl (C=O) groups is 3. The molecule has 0 aromatic heterocycles. The number of hydrogen-bond acceptors (Lipinski definition) is 4. The van der Waals surface area contributed by atoms with E-state index < -0.39 is 23.5 Å². The van der Waals surface area contributed by atoms with Gasteiger partial charge in [-0.2, -0.15) is 0 Å². The molecule has 6 nitrogen and oxygen atoms in total. The average Bonchev–Trinajstić information content (AvgIpc) is 3.03. The molecule has 0 spiro atoms. The second-order valence-corrected chi connectivity index (χ2v) is 8.31. The SMILES string of the molecule is O=C(Nc1ccccc1F)c1ccc(CNC2=C(Cl)C(=O)N(Cc3ccc(Cl)cc3)C2=O)cc1.